The van der Waals surface area contributed by atoms with E-state index >= 15 is 0 Å². The standard InChI is InChI=1S/C26H25ClN2/c27-24-12-6-4-11-22(24)26-23(21-10-5-7-13-25(21)28-26)18-29-16-14-20(15-17-29)19-8-2-1-3-9-19/h1-13,20,28H,14-18H2. The number of hydrogen-bond donors (Lipinski definition) is 1. The van der Waals surface area contributed by atoms with E-state index in [0.717, 1.165) is 35.9 Å². The van der Waals surface area contributed by atoms with E-state index in [1.165, 1.54) is 34.9 Å². The van der Waals surface area contributed by atoms with Gasteiger partial charge in [0.05, 0.1) is 5.69 Å². The van der Waals surface area contributed by atoms with E-state index < -0.39 is 0 Å². The fraction of sp³-hybridized carbons (Fsp3) is 0.231. The molecule has 1 aliphatic rings. The first-order chi connectivity index (χ1) is 14.3. The number of benzene rings is 3. The maximum Gasteiger partial charge on any atom is 0.0525 e. The molecule has 0 atom stereocenters. The Labute approximate surface area is 177 Å². The molecule has 1 aliphatic heterocycles. The second-order valence-corrected chi connectivity index (χ2v) is 8.37. The largest absolute Gasteiger partial charge is 0.354 e. The number of H-pyrrole nitrogens is 1. The first kappa shape index (κ1) is 18.5. The third-order valence-electron chi connectivity index (χ3n) is 6.20. The van der Waals surface area contributed by atoms with Crippen LogP contribution in [-0.2, 0) is 6.54 Å². The van der Waals surface area contributed by atoms with Gasteiger partial charge in [-0.3, -0.25) is 4.90 Å². The van der Waals surface area contributed by atoms with E-state index in [9.17, 15) is 0 Å². The van der Waals surface area contributed by atoms with Gasteiger partial charge in [-0.1, -0.05) is 78.3 Å². The fourth-order valence-corrected chi connectivity index (χ4v) is 4.86. The minimum atomic E-state index is 0.679. The van der Waals surface area contributed by atoms with Gasteiger partial charge in [0.15, 0.2) is 0 Å². The highest BCUT2D eigenvalue weighted by molar-refractivity contribution is 6.33. The Bertz CT molecular complexity index is 1110. The van der Waals surface area contributed by atoms with E-state index in [-0.39, 0.29) is 0 Å². The summed E-state index contributed by atoms with van der Waals surface area (Å²) >= 11 is 6.55. The van der Waals surface area contributed by atoms with Crippen LogP contribution in [0.15, 0.2) is 78.9 Å². The molecule has 0 bridgehead atoms. The Hall–Kier alpha value is -2.55. The first-order valence-electron chi connectivity index (χ1n) is 10.4. The quantitative estimate of drug-likeness (QED) is 0.396. The van der Waals surface area contributed by atoms with E-state index in [4.69, 9.17) is 11.6 Å². The maximum atomic E-state index is 6.55. The van der Waals surface area contributed by atoms with Crippen molar-refractivity contribution in [1.82, 2.24) is 9.88 Å². The molecule has 1 fully saturated rings. The van der Waals surface area contributed by atoms with E-state index in [2.05, 4.69) is 76.6 Å². The Kier molecular flexibility index (Phi) is 5.13. The lowest BCUT2D eigenvalue weighted by Gasteiger charge is -2.32. The molecular formula is C26H25ClN2. The molecule has 1 saturated heterocycles. The summed E-state index contributed by atoms with van der Waals surface area (Å²) in [7, 11) is 0. The van der Waals surface area contributed by atoms with Crippen molar-refractivity contribution in [3.63, 3.8) is 0 Å². The lowest BCUT2D eigenvalue weighted by Crippen LogP contribution is -2.32. The predicted molar refractivity (Wildman–Crippen MR) is 122 cm³/mol. The molecule has 146 valence electrons. The first-order valence-corrected chi connectivity index (χ1v) is 10.8. The summed E-state index contributed by atoms with van der Waals surface area (Å²) in [6, 6.07) is 27.7. The molecule has 0 spiro atoms. The van der Waals surface area contributed by atoms with E-state index in [1.807, 2.05) is 12.1 Å². The topological polar surface area (TPSA) is 19.0 Å². The molecule has 3 aromatic carbocycles. The van der Waals surface area contributed by atoms with Gasteiger partial charge in [-0.2, -0.15) is 0 Å². The summed E-state index contributed by atoms with van der Waals surface area (Å²) in [6.45, 7) is 3.20. The minimum absolute atomic E-state index is 0.679. The van der Waals surface area contributed by atoms with Gasteiger partial charge in [-0.25, -0.2) is 0 Å². The number of nitrogens with zero attached hydrogens (tertiary/aromatic N) is 1. The highest BCUT2D eigenvalue weighted by atomic mass is 35.5. The van der Waals surface area contributed by atoms with Crippen LogP contribution < -0.4 is 0 Å². The van der Waals surface area contributed by atoms with Crippen molar-refractivity contribution >= 4 is 22.5 Å². The van der Waals surface area contributed by atoms with Crippen molar-refractivity contribution < 1.29 is 0 Å². The summed E-state index contributed by atoms with van der Waals surface area (Å²) in [6.07, 6.45) is 2.43. The highest BCUT2D eigenvalue weighted by Gasteiger charge is 2.23. The minimum Gasteiger partial charge on any atom is -0.354 e. The number of aromatic amines is 1. The Morgan fingerprint density at radius 1 is 0.828 bits per heavy atom. The van der Waals surface area contributed by atoms with Crippen molar-refractivity contribution in [3.8, 4) is 11.3 Å². The predicted octanol–water partition coefficient (Wildman–Crippen LogP) is 6.87. The van der Waals surface area contributed by atoms with E-state index in [0.29, 0.717) is 5.92 Å². The van der Waals surface area contributed by atoms with Crippen molar-refractivity contribution in [2.24, 2.45) is 0 Å². The molecule has 5 rings (SSSR count). The summed E-state index contributed by atoms with van der Waals surface area (Å²) in [5.41, 5.74) is 6.25. The maximum absolute atomic E-state index is 6.55. The van der Waals surface area contributed by atoms with Gasteiger partial charge < -0.3 is 4.98 Å². The molecule has 0 saturated carbocycles. The molecule has 0 amide bonds. The molecule has 3 heteroatoms. The molecule has 0 radical (unpaired) electrons. The number of rotatable bonds is 4. The molecule has 1 N–H and O–H groups in total. The van der Waals surface area contributed by atoms with Crippen LogP contribution in [0.1, 0.15) is 29.9 Å². The smallest absolute Gasteiger partial charge is 0.0525 e. The zero-order valence-electron chi connectivity index (χ0n) is 16.4. The number of likely N-dealkylation sites (tertiary alicyclic amines) is 1. The summed E-state index contributed by atoms with van der Waals surface area (Å²) < 4.78 is 0. The van der Waals surface area contributed by atoms with Crippen LogP contribution in [0.2, 0.25) is 5.02 Å². The van der Waals surface area contributed by atoms with Gasteiger partial charge in [0.25, 0.3) is 0 Å². The molecule has 0 unspecified atom stereocenters. The number of piperidine rings is 1. The molecule has 2 heterocycles. The fourth-order valence-electron chi connectivity index (χ4n) is 4.63. The Morgan fingerprint density at radius 2 is 1.52 bits per heavy atom. The van der Waals surface area contributed by atoms with Crippen molar-refractivity contribution in [2.75, 3.05) is 13.1 Å². The van der Waals surface area contributed by atoms with Crippen LogP contribution in [0, 0.1) is 0 Å². The van der Waals surface area contributed by atoms with Crippen molar-refractivity contribution in [2.45, 2.75) is 25.3 Å². The molecular weight excluding hydrogens is 376 g/mol. The van der Waals surface area contributed by atoms with Crippen molar-refractivity contribution in [1.29, 1.82) is 0 Å². The normalized spacial score (nSPS) is 15.8. The Balaban J connectivity index is 1.42. The van der Waals surface area contributed by atoms with Crippen LogP contribution in [0.4, 0.5) is 0 Å². The third-order valence-corrected chi connectivity index (χ3v) is 6.53. The lowest BCUT2D eigenvalue weighted by molar-refractivity contribution is 0.205. The molecule has 29 heavy (non-hydrogen) atoms. The van der Waals surface area contributed by atoms with Gasteiger partial charge in [0, 0.05) is 28.0 Å². The average Bonchev–Trinajstić information content (AvgIpc) is 3.13. The second kappa shape index (κ2) is 8.06. The zero-order valence-corrected chi connectivity index (χ0v) is 17.2. The highest BCUT2D eigenvalue weighted by Crippen LogP contribution is 2.36. The number of nitrogens with one attached hydrogen (secondary N) is 1. The molecule has 2 nitrogen and oxygen atoms in total. The monoisotopic (exact) mass is 400 g/mol. The second-order valence-electron chi connectivity index (χ2n) is 7.97. The summed E-state index contributed by atoms with van der Waals surface area (Å²) in [5.74, 6) is 0.679. The van der Waals surface area contributed by atoms with Crippen LogP contribution in [0.3, 0.4) is 0 Å². The number of halogens is 1. The van der Waals surface area contributed by atoms with Crippen LogP contribution in [0.25, 0.3) is 22.2 Å². The van der Waals surface area contributed by atoms with Crippen LogP contribution in [-0.4, -0.2) is 23.0 Å². The zero-order chi connectivity index (χ0) is 19.6. The van der Waals surface area contributed by atoms with Gasteiger partial charge in [-0.05, 0) is 55.1 Å². The van der Waals surface area contributed by atoms with E-state index in [1.54, 1.807) is 0 Å². The van der Waals surface area contributed by atoms with Crippen LogP contribution in [0.5, 0.6) is 0 Å². The van der Waals surface area contributed by atoms with Crippen molar-refractivity contribution in [3.05, 3.63) is 95.0 Å². The number of aromatic nitrogens is 1. The Morgan fingerprint density at radius 3 is 2.31 bits per heavy atom. The number of fused-ring (bicyclic) bond motifs is 1. The SMILES string of the molecule is Clc1ccccc1-c1[nH]c2ccccc2c1CN1CCC(c2ccccc2)CC1. The molecule has 4 aromatic rings. The summed E-state index contributed by atoms with van der Waals surface area (Å²) in [5, 5.41) is 2.09. The third kappa shape index (κ3) is 3.71. The van der Waals surface area contributed by atoms with Gasteiger partial charge in [-0.15, -0.1) is 0 Å². The van der Waals surface area contributed by atoms with Crippen LogP contribution >= 0.6 is 11.6 Å². The number of hydrogen-bond acceptors (Lipinski definition) is 1. The van der Waals surface area contributed by atoms with Gasteiger partial charge >= 0.3 is 0 Å². The lowest BCUT2D eigenvalue weighted by atomic mass is 9.89. The van der Waals surface area contributed by atoms with Gasteiger partial charge in [0.2, 0.25) is 0 Å². The average molecular weight is 401 g/mol. The summed E-state index contributed by atoms with van der Waals surface area (Å²) in [4.78, 5) is 6.23. The molecule has 1 aromatic heterocycles. The van der Waals surface area contributed by atoms with Gasteiger partial charge in [0.1, 0.15) is 0 Å². The molecule has 0 aliphatic carbocycles. The number of para-hydroxylation sites is 1.